The van der Waals surface area contributed by atoms with Crippen molar-refractivity contribution in [1.82, 2.24) is 5.32 Å². The number of hydrogen-bond acceptors (Lipinski definition) is 2. The van der Waals surface area contributed by atoms with Crippen LogP contribution in [0, 0.1) is 5.41 Å². The molecule has 2 aliphatic rings. The third kappa shape index (κ3) is 2.60. The molecule has 2 heteroatoms. The van der Waals surface area contributed by atoms with E-state index in [1.807, 2.05) is 0 Å². The van der Waals surface area contributed by atoms with Crippen LogP contribution in [0.15, 0.2) is 0 Å². The summed E-state index contributed by atoms with van der Waals surface area (Å²) in [7, 11) is 2.10. The standard InChI is InChI=1S/C16H31NO/c1-4-16(5-2)14(17-3)12-15(16)18-13-10-8-6-7-9-11-13/h13-15,17H,4-12H2,1-3H3. The van der Waals surface area contributed by atoms with Gasteiger partial charge < -0.3 is 10.1 Å². The summed E-state index contributed by atoms with van der Waals surface area (Å²) < 4.78 is 6.50. The summed E-state index contributed by atoms with van der Waals surface area (Å²) in [6.07, 6.45) is 12.9. The van der Waals surface area contributed by atoms with E-state index in [4.69, 9.17) is 4.74 Å². The quantitative estimate of drug-likeness (QED) is 0.750. The van der Waals surface area contributed by atoms with Gasteiger partial charge in [0.2, 0.25) is 0 Å². The van der Waals surface area contributed by atoms with Crippen LogP contribution in [-0.4, -0.2) is 25.3 Å². The van der Waals surface area contributed by atoms with E-state index >= 15 is 0 Å². The minimum absolute atomic E-state index is 0.404. The molecule has 18 heavy (non-hydrogen) atoms. The summed E-state index contributed by atoms with van der Waals surface area (Å²) in [6, 6.07) is 0.670. The Morgan fingerprint density at radius 2 is 1.67 bits per heavy atom. The van der Waals surface area contributed by atoms with Crippen molar-refractivity contribution in [1.29, 1.82) is 0 Å². The van der Waals surface area contributed by atoms with Gasteiger partial charge in [0.15, 0.2) is 0 Å². The molecule has 2 rings (SSSR count). The first-order valence-electron chi connectivity index (χ1n) is 8.09. The van der Waals surface area contributed by atoms with E-state index < -0.39 is 0 Å². The summed E-state index contributed by atoms with van der Waals surface area (Å²) in [5, 5.41) is 3.49. The molecule has 0 spiro atoms. The normalized spacial score (nSPS) is 32.8. The van der Waals surface area contributed by atoms with Gasteiger partial charge >= 0.3 is 0 Å². The molecule has 2 aliphatic carbocycles. The van der Waals surface area contributed by atoms with Crippen molar-refractivity contribution in [3.63, 3.8) is 0 Å². The molecule has 2 unspecified atom stereocenters. The molecule has 2 atom stereocenters. The summed E-state index contributed by atoms with van der Waals surface area (Å²) in [4.78, 5) is 0. The number of nitrogens with one attached hydrogen (secondary N) is 1. The molecular formula is C16H31NO. The molecule has 0 aliphatic heterocycles. The summed E-state index contributed by atoms with van der Waals surface area (Å²) in [6.45, 7) is 4.66. The first-order valence-corrected chi connectivity index (χ1v) is 8.09. The second-order valence-electron chi connectivity index (χ2n) is 6.26. The fourth-order valence-corrected chi connectivity index (χ4v) is 4.15. The highest BCUT2D eigenvalue weighted by molar-refractivity contribution is 5.06. The van der Waals surface area contributed by atoms with Gasteiger partial charge in [0.25, 0.3) is 0 Å². The first kappa shape index (κ1) is 14.3. The molecule has 0 radical (unpaired) electrons. The fourth-order valence-electron chi connectivity index (χ4n) is 4.15. The number of hydrogen-bond donors (Lipinski definition) is 1. The molecule has 106 valence electrons. The maximum Gasteiger partial charge on any atom is 0.0664 e. The van der Waals surface area contributed by atoms with Gasteiger partial charge in [-0.05, 0) is 39.2 Å². The molecule has 0 aromatic heterocycles. The SMILES string of the molecule is CCC1(CC)C(NC)CC1OC1CCCCCC1. The Hall–Kier alpha value is -0.0800. The van der Waals surface area contributed by atoms with Crippen LogP contribution in [0.25, 0.3) is 0 Å². The van der Waals surface area contributed by atoms with Crippen LogP contribution in [-0.2, 0) is 4.74 Å². The molecule has 1 N–H and O–H groups in total. The van der Waals surface area contributed by atoms with Crippen molar-refractivity contribution in [2.45, 2.75) is 89.9 Å². The molecule has 2 nitrogen and oxygen atoms in total. The van der Waals surface area contributed by atoms with E-state index in [0.29, 0.717) is 23.7 Å². The van der Waals surface area contributed by atoms with Crippen molar-refractivity contribution in [2.75, 3.05) is 7.05 Å². The summed E-state index contributed by atoms with van der Waals surface area (Å²) >= 11 is 0. The van der Waals surface area contributed by atoms with E-state index in [0.717, 1.165) is 0 Å². The number of rotatable bonds is 5. The number of ether oxygens (including phenoxy) is 1. The molecular weight excluding hydrogens is 222 g/mol. The van der Waals surface area contributed by atoms with Gasteiger partial charge in [-0.1, -0.05) is 39.5 Å². The van der Waals surface area contributed by atoms with E-state index in [-0.39, 0.29) is 0 Å². The Morgan fingerprint density at radius 1 is 1.06 bits per heavy atom. The maximum absolute atomic E-state index is 6.50. The molecule has 2 saturated carbocycles. The van der Waals surface area contributed by atoms with Crippen LogP contribution < -0.4 is 5.32 Å². The second kappa shape index (κ2) is 6.38. The van der Waals surface area contributed by atoms with Crippen molar-refractivity contribution < 1.29 is 4.74 Å². The van der Waals surface area contributed by atoms with Gasteiger partial charge in [0.1, 0.15) is 0 Å². The Morgan fingerprint density at radius 3 is 2.17 bits per heavy atom. The predicted molar refractivity (Wildman–Crippen MR) is 76.8 cm³/mol. The zero-order chi connectivity index (χ0) is 13.0. The Bertz CT molecular complexity index is 241. The van der Waals surface area contributed by atoms with Gasteiger partial charge in [0, 0.05) is 11.5 Å². The van der Waals surface area contributed by atoms with Crippen LogP contribution in [0.3, 0.4) is 0 Å². The van der Waals surface area contributed by atoms with Crippen LogP contribution in [0.5, 0.6) is 0 Å². The van der Waals surface area contributed by atoms with E-state index in [9.17, 15) is 0 Å². The molecule has 0 bridgehead atoms. The van der Waals surface area contributed by atoms with E-state index in [1.54, 1.807) is 0 Å². The Labute approximate surface area is 113 Å². The van der Waals surface area contributed by atoms with Gasteiger partial charge in [0.05, 0.1) is 12.2 Å². The third-order valence-electron chi connectivity index (χ3n) is 5.61. The lowest BCUT2D eigenvalue weighted by atomic mass is 9.58. The fraction of sp³-hybridized carbons (Fsp3) is 1.00. The topological polar surface area (TPSA) is 21.3 Å². The summed E-state index contributed by atoms with van der Waals surface area (Å²) in [5.41, 5.74) is 0.404. The third-order valence-corrected chi connectivity index (χ3v) is 5.61. The lowest BCUT2D eigenvalue weighted by Crippen LogP contribution is -2.63. The van der Waals surface area contributed by atoms with Gasteiger partial charge in [-0.3, -0.25) is 0 Å². The van der Waals surface area contributed by atoms with E-state index in [1.165, 1.54) is 57.8 Å². The zero-order valence-corrected chi connectivity index (χ0v) is 12.5. The molecule has 2 fully saturated rings. The largest absolute Gasteiger partial charge is 0.374 e. The minimum Gasteiger partial charge on any atom is -0.374 e. The second-order valence-corrected chi connectivity index (χ2v) is 6.26. The van der Waals surface area contributed by atoms with Crippen molar-refractivity contribution >= 4 is 0 Å². The summed E-state index contributed by atoms with van der Waals surface area (Å²) in [5.74, 6) is 0. The lowest BCUT2D eigenvalue weighted by Gasteiger charge is -2.56. The smallest absolute Gasteiger partial charge is 0.0664 e. The van der Waals surface area contributed by atoms with Crippen LogP contribution in [0.1, 0.15) is 71.6 Å². The van der Waals surface area contributed by atoms with Gasteiger partial charge in [-0.15, -0.1) is 0 Å². The van der Waals surface area contributed by atoms with Crippen molar-refractivity contribution in [3.8, 4) is 0 Å². The van der Waals surface area contributed by atoms with Crippen LogP contribution in [0.2, 0.25) is 0 Å². The molecule has 0 amide bonds. The molecule has 0 saturated heterocycles. The Balaban J connectivity index is 1.92. The predicted octanol–water partition coefficient (Wildman–Crippen LogP) is 3.89. The van der Waals surface area contributed by atoms with Crippen molar-refractivity contribution in [2.24, 2.45) is 5.41 Å². The highest BCUT2D eigenvalue weighted by atomic mass is 16.5. The molecule has 0 aromatic carbocycles. The minimum atomic E-state index is 0.404. The van der Waals surface area contributed by atoms with Crippen molar-refractivity contribution in [3.05, 3.63) is 0 Å². The monoisotopic (exact) mass is 253 g/mol. The highest BCUT2D eigenvalue weighted by Crippen LogP contribution is 2.49. The lowest BCUT2D eigenvalue weighted by molar-refractivity contribution is -0.167. The highest BCUT2D eigenvalue weighted by Gasteiger charge is 2.53. The average Bonchev–Trinajstić information content (AvgIpc) is 2.64. The van der Waals surface area contributed by atoms with Gasteiger partial charge in [-0.2, -0.15) is 0 Å². The first-order chi connectivity index (χ1) is 8.76. The average molecular weight is 253 g/mol. The molecule has 0 aromatic rings. The molecule has 0 heterocycles. The van der Waals surface area contributed by atoms with E-state index in [2.05, 4.69) is 26.2 Å². The van der Waals surface area contributed by atoms with Crippen LogP contribution in [0.4, 0.5) is 0 Å². The van der Waals surface area contributed by atoms with Gasteiger partial charge in [-0.25, -0.2) is 0 Å². The zero-order valence-electron chi connectivity index (χ0n) is 12.5. The maximum atomic E-state index is 6.50. The Kier molecular flexibility index (Phi) is 5.08. The van der Waals surface area contributed by atoms with Crippen LogP contribution >= 0.6 is 0 Å².